The van der Waals surface area contributed by atoms with Gasteiger partial charge < -0.3 is 4.74 Å². The Kier molecular flexibility index (Phi) is 7.47. The van der Waals surface area contributed by atoms with E-state index in [-0.39, 0.29) is 10.8 Å². The van der Waals surface area contributed by atoms with Crippen LogP contribution in [0.25, 0.3) is 5.76 Å². The maximum Gasteiger partial charge on any atom is 0.285 e. The van der Waals surface area contributed by atoms with Crippen LogP contribution in [0.5, 0.6) is 0 Å². The summed E-state index contributed by atoms with van der Waals surface area (Å²) in [4.78, 5) is 0.0853. The van der Waals surface area contributed by atoms with E-state index < -0.39 is 21.5 Å². The minimum atomic E-state index is -4.18. The smallest absolute Gasteiger partial charge is 0.285 e. The van der Waals surface area contributed by atoms with E-state index in [0.717, 1.165) is 38.1 Å². The Bertz CT molecular complexity index is 2050. The van der Waals surface area contributed by atoms with Crippen molar-refractivity contribution in [3.05, 3.63) is 172 Å². The standard InChI is InChI=1S/C37H28BrN3O3S/c1-26-17-23-32(24-18-26)45(42,43)40-36-37(25-33(44-36)27-11-5-2-6-12-27)34(28-13-7-3-8-14-28)35(29-19-21-30(38)22-20-29)39-41(37)31-15-9-4-10-16-31/h2-25,34H,1H3. The van der Waals surface area contributed by atoms with E-state index in [4.69, 9.17) is 9.84 Å². The lowest BCUT2D eigenvalue weighted by atomic mass is 9.75. The summed E-state index contributed by atoms with van der Waals surface area (Å²) >= 11 is 3.56. The highest BCUT2D eigenvalue weighted by molar-refractivity contribution is 9.10. The van der Waals surface area contributed by atoms with E-state index in [0.29, 0.717) is 5.76 Å². The molecule has 1 spiro atoms. The van der Waals surface area contributed by atoms with Gasteiger partial charge in [-0.05, 0) is 60.5 Å². The molecule has 222 valence electrons. The third-order valence-corrected chi connectivity index (χ3v) is 9.83. The van der Waals surface area contributed by atoms with Gasteiger partial charge in [-0.15, -0.1) is 4.40 Å². The van der Waals surface area contributed by atoms with Crippen LogP contribution in [0.3, 0.4) is 0 Å². The summed E-state index contributed by atoms with van der Waals surface area (Å²) in [5, 5.41) is 7.14. The fourth-order valence-corrected chi connectivity index (χ4v) is 7.12. The van der Waals surface area contributed by atoms with Crippen LogP contribution in [0.2, 0.25) is 0 Å². The summed E-state index contributed by atoms with van der Waals surface area (Å²) in [6.07, 6.45) is 1.98. The quantitative estimate of drug-likeness (QED) is 0.182. The maximum atomic E-state index is 14.0. The molecule has 2 aliphatic rings. The minimum absolute atomic E-state index is 0.0236. The van der Waals surface area contributed by atoms with E-state index in [2.05, 4.69) is 20.3 Å². The second-order valence-corrected chi connectivity index (χ2v) is 13.5. The largest absolute Gasteiger partial charge is 0.439 e. The van der Waals surface area contributed by atoms with Gasteiger partial charge in [-0.3, -0.25) is 0 Å². The molecule has 2 atom stereocenters. The highest BCUT2D eigenvalue weighted by Crippen LogP contribution is 2.51. The van der Waals surface area contributed by atoms with Crippen molar-refractivity contribution < 1.29 is 13.2 Å². The average molecular weight is 675 g/mol. The van der Waals surface area contributed by atoms with Crippen molar-refractivity contribution in [2.75, 3.05) is 5.01 Å². The number of benzene rings is 5. The second-order valence-electron chi connectivity index (χ2n) is 11.0. The van der Waals surface area contributed by atoms with Crippen LogP contribution in [0.1, 0.15) is 28.2 Å². The van der Waals surface area contributed by atoms with Crippen molar-refractivity contribution in [2.24, 2.45) is 9.50 Å². The number of sulfonamides is 1. The SMILES string of the molecule is Cc1ccc(S(=O)(=O)N=C2OC(c3ccccc3)=CC23C(c2ccccc2)C(c2ccc(Br)cc2)=NN3c2ccccc2)cc1. The van der Waals surface area contributed by atoms with Gasteiger partial charge in [-0.2, -0.15) is 13.5 Å². The van der Waals surface area contributed by atoms with E-state index in [1.54, 1.807) is 24.3 Å². The van der Waals surface area contributed by atoms with E-state index in [1.807, 2.05) is 133 Å². The molecule has 0 amide bonds. The number of hydrazone groups is 1. The normalized spacial score (nSPS) is 20.3. The van der Waals surface area contributed by atoms with Crippen LogP contribution in [0.4, 0.5) is 5.69 Å². The third-order valence-electron chi connectivity index (χ3n) is 8.03. The Morgan fingerprint density at radius 3 is 2.00 bits per heavy atom. The molecule has 45 heavy (non-hydrogen) atoms. The molecule has 5 aromatic carbocycles. The molecule has 8 heteroatoms. The van der Waals surface area contributed by atoms with Gasteiger partial charge in [0.05, 0.1) is 22.2 Å². The predicted molar refractivity (Wildman–Crippen MR) is 183 cm³/mol. The van der Waals surface area contributed by atoms with Gasteiger partial charge in [-0.25, -0.2) is 5.01 Å². The number of ether oxygens (including phenoxy) is 1. The molecule has 0 fully saturated rings. The molecule has 2 heterocycles. The fraction of sp³-hybridized carbons (Fsp3) is 0.0811. The van der Waals surface area contributed by atoms with E-state index in [1.165, 1.54) is 0 Å². The number of rotatable bonds is 6. The van der Waals surface area contributed by atoms with Crippen molar-refractivity contribution in [3.8, 4) is 0 Å². The minimum Gasteiger partial charge on any atom is -0.439 e. The summed E-state index contributed by atoms with van der Waals surface area (Å²) in [5.74, 6) is 0.0336. The molecule has 0 saturated carbocycles. The molecule has 0 N–H and O–H groups in total. The lowest BCUT2D eigenvalue weighted by Gasteiger charge is -2.36. The second kappa shape index (κ2) is 11.6. The van der Waals surface area contributed by atoms with Crippen molar-refractivity contribution in [1.82, 2.24) is 0 Å². The molecular weight excluding hydrogens is 646 g/mol. The summed E-state index contributed by atoms with van der Waals surface area (Å²) in [6, 6.07) is 44.0. The topological polar surface area (TPSA) is 71.3 Å². The van der Waals surface area contributed by atoms with Crippen LogP contribution in [0, 0.1) is 6.92 Å². The Hall–Kier alpha value is -4.79. The molecule has 0 radical (unpaired) electrons. The molecular formula is C37H28BrN3O3S. The molecule has 0 aliphatic carbocycles. The van der Waals surface area contributed by atoms with Gasteiger partial charge in [0.1, 0.15) is 5.76 Å². The van der Waals surface area contributed by atoms with Crippen LogP contribution in [-0.4, -0.2) is 25.6 Å². The summed E-state index contributed by atoms with van der Waals surface area (Å²) in [5.41, 5.74) is 3.83. The number of para-hydroxylation sites is 1. The van der Waals surface area contributed by atoms with Gasteiger partial charge in [-0.1, -0.05) is 125 Å². The molecule has 2 aliphatic heterocycles. The molecule has 6 nitrogen and oxygen atoms in total. The summed E-state index contributed by atoms with van der Waals surface area (Å²) < 4.78 is 40.0. The van der Waals surface area contributed by atoms with Gasteiger partial charge in [0, 0.05) is 10.0 Å². The van der Waals surface area contributed by atoms with E-state index in [9.17, 15) is 8.42 Å². The monoisotopic (exact) mass is 673 g/mol. The van der Waals surface area contributed by atoms with Gasteiger partial charge >= 0.3 is 0 Å². The molecule has 5 aromatic rings. The molecule has 0 saturated heterocycles. The Morgan fingerprint density at radius 2 is 1.36 bits per heavy atom. The first-order valence-electron chi connectivity index (χ1n) is 14.5. The Balaban J connectivity index is 1.54. The molecule has 7 rings (SSSR count). The lowest BCUT2D eigenvalue weighted by Crippen LogP contribution is -2.51. The first-order valence-corrected chi connectivity index (χ1v) is 16.7. The van der Waals surface area contributed by atoms with E-state index >= 15 is 0 Å². The zero-order valence-corrected chi connectivity index (χ0v) is 26.7. The number of anilines is 1. The van der Waals surface area contributed by atoms with Crippen molar-refractivity contribution in [3.63, 3.8) is 0 Å². The van der Waals surface area contributed by atoms with Gasteiger partial charge in [0.15, 0.2) is 5.54 Å². The lowest BCUT2D eigenvalue weighted by molar-refractivity contribution is 0.474. The third kappa shape index (κ3) is 5.30. The number of hydrogen-bond acceptors (Lipinski definition) is 5. The van der Waals surface area contributed by atoms with Crippen LogP contribution >= 0.6 is 15.9 Å². The molecule has 2 unspecified atom stereocenters. The highest BCUT2D eigenvalue weighted by Gasteiger charge is 2.60. The number of nitrogens with zero attached hydrogens (tertiary/aromatic N) is 3. The van der Waals surface area contributed by atoms with Crippen LogP contribution < -0.4 is 5.01 Å². The van der Waals surface area contributed by atoms with Crippen LogP contribution in [0.15, 0.2) is 164 Å². The zero-order valence-electron chi connectivity index (χ0n) is 24.3. The summed E-state index contributed by atoms with van der Waals surface area (Å²) in [7, 11) is -4.18. The highest BCUT2D eigenvalue weighted by atomic mass is 79.9. The van der Waals surface area contributed by atoms with Crippen molar-refractivity contribution in [2.45, 2.75) is 23.3 Å². The Morgan fingerprint density at radius 1 is 0.756 bits per heavy atom. The summed E-state index contributed by atoms with van der Waals surface area (Å²) in [6.45, 7) is 1.91. The number of hydrogen-bond donors (Lipinski definition) is 0. The average Bonchev–Trinajstić information content (AvgIpc) is 3.61. The van der Waals surface area contributed by atoms with Crippen molar-refractivity contribution >= 4 is 49.0 Å². The zero-order chi connectivity index (χ0) is 31.0. The number of halogens is 1. The van der Waals surface area contributed by atoms with Gasteiger partial charge in [0.25, 0.3) is 10.0 Å². The molecule has 0 bridgehead atoms. The number of aryl methyl sites for hydroxylation is 1. The fourth-order valence-electron chi connectivity index (χ4n) is 5.87. The predicted octanol–water partition coefficient (Wildman–Crippen LogP) is 8.36. The Labute approximate surface area is 271 Å². The molecule has 0 aromatic heterocycles. The first-order chi connectivity index (χ1) is 21.8. The van der Waals surface area contributed by atoms with Gasteiger partial charge in [0.2, 0.25) is 5.90 Å². The van der Waals surface area contributed by atoms with Crippen molar-refractivity contribution in [1.29, 1.82) is 0 Å². The first kappa shape index (κ1) is 29.0. The van der Waals surface area contributed by atoms with Crippen LogP contribution in [-0.2, 0) is 14.8 Å². The maximum absolute atomic E-state index is 14.0.